The van der Waals surface area contributed by atoms with E-state index in [9.17, 15) is 0 Å². The van der Waals surface area contributed by atoms with Crippen molar-refractivity contribution in [2.24, 2.45) is 5.92 Å². The van der Waals surface area contributed by atoms with Crippen molar-refractivity contribution < 1.29 is 9.47 Å². The van der Waals surface area contributed by atoms with Gasteiger partial charge in [-0.25, -0.2) is 0 Å². The van der Waals surface area contributed by atoms with Crippen molar-refractivity contribution in [2.45, 2.75) is 86.0 Å². The van der Waals surface area contributed by atoms with Gasteiger partial charge >= 0.3 is 0 Å². The molecule has 0 aliphatic heterocycles. The Kier molecular flexibility index (Phi) is 8.68. The fraction of sp³-hybridized carbons (Fsp3) is 0.368. The summed E-state index contributed by atoms with van der Waals surface area (Å²) in [5.41, 5.74) is 20.5. The van der Waals surface area contributed by atoms with E-state index in [0.717, 1.165) is 34.4 Å². The van der Waals surface area contributed by atoms with Gasteiger partial charge in [0.25, 0.3) is 0 Å². The molecule has 0 amide bonds. The van der Waals surface area contributed by atoms with Crippen molar-refractivity contribution in [2.75, 3.05) is 11.5 Å². The van der Waals surface area contributed by atoms with Crippen LogP contribution in [0.2, 0.25) is 0 Å². The number of anilines is 2. The molecule has 0 unspecified atom stereocenters. The number of nitrogen functional groups attached to an aromatic ring is 2. The van der Waals surface area contributed by atoms with Crippen molar-refractivity contribution in [3.05, 3.63) is 106 Å². The van der Waals surface area contributed by atoms with Crippen LogP contribution in [0.1, 0.15) is 94.7 Å². The first-order valence-electron chi connectivity index (χ1n) is 14.9. The molecule has 0 radical (unpaired) electrons. The molecule has 0 saturated carbocycles. The van der Waals surface area contributed by atoms with Crippen LogP contribution in [-0.4, -0.2) is 0 Å². The zero-order valence-electron chi connectivity index (χ0n) is 27.1. The molecule has 0 atom stereocenters. The number of ether oxygens (including phenoxy) is 2. The molecule has 4 aromatic carbocycles. The third-order valence-electron chi connectivity index (χ3n) is 7.91. The zero-order valence-corrected chi connectivity index (χ0v) is 27.1. The Morgan fingerprint density at radius 3 is 1.17 bits per heavy atom. The van der Waals surface area contributed by atoms with Gasteiger partial charge in [-0.2, -0.15) is 0 Å². The molecule has 4 aromatic rings. The Morgan fingerprint density at radius 1 is 0.548 bits per heavy atom. The number of rotatable bonds is 7. The lowest BCUT2D eigenvalue weighted by molar-refractivity contribution is 0.451. The van der Waals surface area contributed by atoms with Crippen molar-refractivity contribution in [1.29, 1.82) is 0 Å². The number of nitrogens with two attached hydrogens (primary N) is 2. The molecule has 0 heterocycles. The molecular weight excluding hydrogens is 516 g/mol. The molecule has 4 nitrogen and oxygen atoms in total. The van der Waals surface area contributed by atoms with Crippen LogP contribution >= 0.6 is 0 Å². The van der Waals surface area contributed by atoms with Gasteiger partial charge in [0.05, 0.1) is 0 Å². The van der Waals surface area contributed by atoms with E-state index in [2.05, 4.69) is 93.5 Å². The van der Waals surface area contributed by atoms with Gasteiger partial charge in [0.1, 0.15) is 23.0 Å². The second-order valence-corrected chi connectivity index (χ2v) is 14.0. The van der Waals surface area contributed by atoms with E-state index >= 15 is 0 Å². The minimum atomic E-state index is -0.116. The molecule has 0 saturated heterocycles. The molecule has 4 N–H and O–H groups in total. The summed E-state index contributed by atoms with van der Waals surface area (Å²) in [5, 5.41) is 0. The molecular formula is C38H48N2O2. The maximum Gasteiger partial charge on any atom is 0.131 e. The van der Waals surface area contributed by atoms with E-state index in [0.29, 0.717) is 5.92 Å². The van der Waals surface area contributed by atoms with Gasteiger partial charge in [-0.05, 0) is 114 Å². The third-order valence-corrected chi connectivity index (χ3v) is 7.91. The molecule has 0 spiro atoms. The van der Waals surface area contributed by atoms with E-state index in [1.54, 1.807) is 0 Å². The summed E-state index contributed by atoms with van der Waals surface area (Å²) >= 11 is 0. The van der Waals surface area contributed by atoms with Gasteiger partial charge in [0, 0.05) is 28.4 Å². The first kappa shape index (κ1) is 31.0. The molecule has 4 heteroatoms. The minimum Gasteiger partial charge on any atom is -0.457 e. The first-order valence-corrected chi connectivity index (χ1v) is 14.9. The molecule has 0 bridgehead atoms. The monoisotopic (exact) mass is 564 g/mol. The average Bonchev–Trinajstić information content (AvgIpc) is 2.87. The number of benzene rings is 4. The Morgan fingerprint density at radius 2 is 0.881 bits per heavy atom. The Hall–Kier alpha value is -3.92. The molecule has 4 rings (SSSR count). The third kappa shape index (κ3) is 6.92. The van der Waals surface area contributed by atoms with E-state index < -0.39 is 0 Å². The first-order chi connectivity index (χ1) is 19.5. The molecule has 0 fully saturated rings. The summed E-state index contributed by atoms with van der Waals surface area (Å²) in [7, 11) is 0. The highest BCUT2D eigenvalue weighted by Gasteiger charge is 2.30. The quantitative estimate of drug-likeness (QED) is 0.219. The summed E-state index contributed by atoms with van der Waals surface area (Å²) < 4.78 is 12.9. The van der Waals surface area contributed by atoms with Crippen molar-refractivity contribution in [1.82, 2.24) is 0 Å². The summed E-state index contributed by atoms with van der Waals surface area (Å²) in [6.07, 6.45) is 0. The smallest absolute Gasteiger partial charge is 0.131 e. The van der Waals surface area contributed by atoms with E-state index in [1.807, 2.05) is 48.5 Å². The van der Waals surface area contributed by atoms with Crippen LogP contribution in [0, 0.1) is 19.8 Å². The van der Waals surface area contributed by atoms with Crippen molar-refractivity contribution >= 4 is 11.4 Å². The Labute approximate surface area is 253 Å². The number of hydrogen-bond donors (Lipinski definition) is 2. The average molecular weight is 565 g/mol. The lowest BCUT2D eigenvalue weighted by atomic mass is 9.74. The van der Waals surface area contributed by atoms with E-state index in [-0.39, 0.29) is 16.7 Å². The molecule has 0 aliphatic rings. The molecule has 222 valence electrons. The van der Waals surface area contributed by atoms with Crippen LogP contribution < -0.4 is 20.9 Å². The highest BCUT2D eigenvalue weighted by atomic mass is 16.5. The van der Waals surface area contributed by atoms with Crippen LogP contribution in [0.5, 0.6) is 23.0 Å². The van der Waals surface area contributed by atoms with Gasteiger partial charge in [-0.15, -0.1) is 0 Å². The van der Waals surface area contributed by atoms with Crippen molar-refractivity contribution in [3.63, 3.8) is 0 Å². The summed E-state index contributed by atoms with van der Waals surface area (Å²) in [5.74, 6) is 3.90. The zero-order chi connectivity index (χ0) is 31.0. The second kappa shape index (κ2) is 11.8. The molecule has 0 aliphatic carbocycles. The Bertz CT molecular complexity index is 1420. The molecule has 42 heavy (non-hydrogen) atoms. The van der Waals surface area contributed by atoms with Crippen molar-refractivity contribution in [3.8, 4) is 23.0 Å². The van der Waals surface area contributed by atoms with Crippen LogP contribution in [0.15, 0.2) is 72.8 Å². The second-order valence-electron chi connectivity index (χ2n) is 14.0. The lowest BCUT2D eigenvalue weighted by Crippen LogP contribution is -2.19. The fourth-order valence-corrected chi connectivity index (χ4v) is 5.62. The highest BCUT2D eigenvalue weighted by Crippen LogP contribution is 2.45. The van der Waals surface area contributed by atoms with Gasteiger partial charge in [0.2, 0.25) is 0 Å². The van der Waals surface area contributed by atoms with Crippen LogP contribution in [0.4, 0.5) is 11.4 Å². The van der Waals surface area contributed by atoms with Gasteiger partial charge in [-0.3, -0.25) is 0 Å². The maximum atomic E-state index is 6.46. The predicted octanol–water partition coefficient (Wildman–Crippen LogP) is 10.4. The van der Waals surface area contributed by atoms with Crippen LogP contribution in [-0.2, 0) is 10.8 Å². The standard InChI is InChI=1S/C38H48N2O2/c1-23(2)36(30-21-32(37(5,6)7)34(19-24(30)3)41-28-15-11-26(39)12-16-28)31-22-33(38(8,9)10)35(20-25(31)4)42-29-17-13-27(40)14-18-29/h11-23,36H,39-40H2,1-10H3. The topological polar surface area (TPSA) is 70.5 Å². The van der Waals surface area contributed by atoms with Gasteiger partial charge in [0.15, 0.2) is 0 Å². The summed E-state index contributed by atoms with van der Waals surface area (Å²) in [4.78, 5) is 0. The lowest BCUT2D eigenvalue weighted by Gasteiger charge is -2.32. The van der Waals surface area contributed by atoms with Gasteiger partial charge in [-0.1, -0.05) is 67.5 Å². The van der Waals surface area contributed by atoms with Gasteiger partial charge < -0.3 is 20.9 Å². The summed E-state index contributed by atoms with van der Waals surface area (Å²) in [6, 6.07) is 24.4. The van der Waals surface area contributed by atoms with Crippen LogP contribution in [0.3, 0.4) is 0 Å². The largest absolute Gasteiger partial charge is 0.457 e. The van der Waals surface area contributed by atoms with E-state index in [4.69, 9.17) is 20.9 Å². The van der Waals surface area contributed by atoms with Crippen LogP contribution in [0.25, 0.3) is 0 Å². The fourth-order valence-electron chi connectivity index (χ4n) is 5.62. The summed E-state index contributed by atoms with van der Waals surface area (Å²) in [6.45, 7) is 22.5. The maximum absolute atomic E-state index is 6.46. The molecule has 0 aromatic heterocycles. The number of aryl methyl sites for hydroxylation is 2. The highest BCUT2D eigenvalue weighted by molar-refractivity contribution is 5.55. The van der Waals surface area contributed by atoms with E-state index in [1.165, 1.54) is 33.4 Å². The Balaban J connectivity index is 1.85. The minimum absolute atomic E-state index is 0.116. The predicted molar refractivity (Wildman–Crippen MR) is 178 cm³/mol. The SMILES string of the molecule is Cc1cc(Oc2ccc(N)cc2)c(C(C)(C)C)cc1C(c1cc(C(C)(C)C)c(Oc2ccc(N)cc2)cc1C)C(C)C. The normalized spacial score (nSPS) is 12.2. The number of hydrogen-bond acceptors (Lipinski definition) is 4.